The van der Waals surface area contributed by atoms with Crippen LogP contribution in [0.4, 0.5) is 0 Å². The molecule has 0 fully saturated rings. The molecular formula is C16H19NO3S. The second-order valence-electron chi connectivity index (χ2n) is 5.23. The zero-order valence-corrected chi connectivity index (χ0v) is 13.2. The van der Waals surface area contributed by atoms with Crippen molar-refractivity contribution in [3.05, 3.63) is 34.7 Å². The number of carbonyl (C=O) groups excluding carboxylic acids is 1. The van der Waals surface area contributed by atoms with Crippen LogP contribution in [0.25, 0.3) is 10.1 Å². The number of rotatable bonds is 5. The second kappa shape index (κ2) is 6.26. The number of hydrogen-bond donors (Lipinski definition) is 2. The average Bonchev–Trinajstić information content (AvgIpc) is 2.81. The first-order valence-electron chi connectivity index (χ1n) is 6.97. The molecule has 21 heavy (non-hydrogen) atoms. The third-order valence-electron chi connectivity index (χ3n) is 3.82. The van der Waals surface area contributed by atoms with Gasteiger partial charge in [-0.2, -0.15) is 0 Å². The molecule has 1 amide bonds. The molecule has 0 aliphatic rings. The van der Waals surface area contributed by atoms with E-state index in [1.54, 1.807) is 0 Å². The van der Waals surface area contributed by atoms with Crippen LogP contribution < -0.4 is 5.32 Å². The number of fused-ring (bicyclic) bond motifs is 1. The van der Waals surface area contributed by atoms with E-state index in [0.717, 1.165) is 15.6 Å². The standard InChI is InChI=1S/C16H19NO3S/c1-4-9(2)13(16(19)20)17-15(18)14-10(3)11-7-5-6-8-12(11)21-14/h5-9,13H,4H2,1-3H3,(H,17,18)(H,19,20)/t9-,13-/m0/s1. The monoisotopic (exact) mass is 305 g/mol. The normalized spacial score (nSPS) is 13.9. The van der Waals surface area contributed by atoms with E-state index in [4.69, 9.17) is 0 Å². The lowest BCUT2D eigenvalue weighted by Gasteiger charge is -2.19. The maximum absolute atomic E-state index is 12.4. The number of amides is 1. The number of nitrogens with one attached hydrogen (secondary N) is 1. The molecule has 4 nitrogen and oxygen atoms in total. The number of thiophene rings is 1. The van der Waals surface area contributed by atoms with Crippen molar-refractivity contribution in [2.24, 2.45) is 5.92 Å². The Balaban J connectivity index is 2.29. The smallest absolute Gasteiger partial charge is 0.326 e. The fourth-order valence-corrected chi connectivity index (χ4v) is 3.39. The number of carbonyl (C=O) groups is 2. The van der Waals surface area contributed by atoms with E-state index in [9.17, 15) is 14.7 Å². The molecule has 2 aromatic rings. The summed E-state index contributed by atoms with van der Waals surface area (Å²) < 4.78 is 1.04. The van der Waals surface area contributed by atoms with Gasteiger partial charge in [-0.15, -0.1) is 11.3 Å². The Morgan fingerprint density at radius 1 is 1.33 bits per heavy atom. The molecule has 0 aliphatic carbocycles. The third-order valence-corrected chi connectivity index (χ3v) is 5.09. The molecule has 2 atom stereocenters. The maximum atomic E-state index is 12.4. The van der Waals surface area contributed by atoms with Crippen molar-refractivity contribution in [1.29, 1.82) is 0 Å². The van der Waals surface area contributed by atoms with E-state index in [2.05, 4.69) is 5.32 Å². The first-order chi connectivity index (χ1) is 9.95. The van der Waals surface area contributed by atoms with Crippen LogP contribution in [0.15, 0.2) is 24.3 Å². The van der Waals surface area contributed by atoms with Crippen molar-refractivity contribution in [2.75, 3.05) is 0 Å². The predicted molar refractivity (Wildman–Crippen MR) is 84.9 cm³/mol. The second-order valence-corrected chi connectivity index (χ2v) is 6.28. The first-order valence-corrected chi connectivity index (χ1v) is 7.79. The fraction of sp³-hybridized carbons (Fsp3) is 0.375. The molecule has 0 radical (unpaired) electrons. The fourth-order valence-electron chi connectivity index (χ4n) is 2.28. The van der Waals surface area contributed by atoms with Gasteiger partial charge >= 0.3 is 5.97 Å². The van der Waals surface area contributed by atoms with Crippen molar-refractivity contribution in [3.8, 4) is 0 Å². The summed E-state index contributed by atoms with van der Waals surface area (Å²) in [6.07, 6.45) is 0.697. The molecule has 0 unspecified atom stereocenters. The summed E-state index contributed by atoms with van der Waals surface area (Å²) in [5.74, 6) is -1.40. The quantitative estimate of drug-likeness (QED) is 0.889. The molecule has 0 bridgehead atoms. The van der Waals surface area contributed by atoms with Crippen LogP contribution in [0.1, 0.15) is 35.5 Å². The summed E-state index contributed by atoms with van der Waals surface area (Å²) in [4.78, 5) is 24.3. The summed E-state index contributed by atoms with van der Waals surface area (Å²) in [5, 5.41) is 13.0. The molecular weight excluding hydrogens is 286 g/mol. The zero-order chi connectivity index (χ0) is 15.6. The number of hydrogen-bond acceptors (Lipinski definition) is 3. The number of aryl methyl sites for hydroxylation is 1. The van der Waals surface area contributed by atoms with E-state index in [0.29, 0.717) is 11.3 Å². The van der Waals surface area contributed by atoms with Gasteiger partial charge in [-0.3, -0.25) is 4.79 Å². The average molecular weight is 305 g/mol. The zero-order valence-electron chi connectivity index (χ0n) is 12.3. The Kier molecular flexibility index (Phi) is 4.63. The van der Waals surface area contributed by atoms with Crippen molar-refractivity contribution in [3.63, 3.8) is 0 Å². The highest BCUT2D eigenvalue weighted by atomic mass is 32.1. The highest BCUT2D eigenvalue weighted by Gasteiger charge is 2.27. The van der Waals surface area contributed by atoms with Gasteiger partial charge in [-0.05, 0) is 29.9 Å². The van der Waals surface area contributed by atoms with Crippen LogP contribution in [0, 0.1) is 12.8 Å². The lowest BCUT2D eigenvalue weighted by molar-refractivity contribution is -0.140. The minimum Gasteiger partial charge on any atom is -0.480 e. The van der Waals surface area contributed by atoms with Gasteiger partial charge in [0.05, 0.1) is 4.88 Å². The van der Waals surface area contributed by atoms with Gasteiger partial charge in [0.1, 0.15) is 6.04 Å². The van der Waals surface area contributed by atoms with Crippen LogP contribution in [-0.2, 0) is 4.79 Å². The number of carboxylic acid groups (broad SMARTS) is 1. The van der Waals surface area contributed by atoms with Gasteiger partial charge in [-0.25, -0.2) is 4.79 Å². The molecule has 0 saturated carbocycles. The predicted octanol–water partition coefficient (Wildman–Crippen LogP) is 3.44. The van der Waals surface area contributed by atoms with Crippen LogP contribution in [0.5, 0.6) is 0 Å². The molecule has 5 heteroatoms. The molecule has 2 N–H and O–H groups in total. The molecule has 1 aromatic heterocycles. The van der Waals surface area contributed by atoms with Gasteiger partial charge in [0, 0.05) is 4.70 Å². The summed E-state index contributed by atoms with van der Waals surface area (Å²) in [6, 6.07) is 6.95. The summed E-state index contributed by atoms with van der Waals surface area (Å²) in [6.45, 7) is 5.64. The van der Waals surface area contributed by atoms with E-state index in [1.165, 1.54) is 11.3 Å². The topological polar surface area (TPSA) is 66.4 Å². The van der Waals surface area contributed by atoms with Crippen molar-refractivity contribution in [1.82, 2.24) is 5.32 Å². The SMILES string of the molecule is CC[C@H](C)[C@H](NC(=O)c1sc2ccccc2c1C)C(=O)O. The molecule has 1 heterocycles. The molecule has 1 aromatic carbocycles. The van der Waals surface area contributed by atoms with Gasteiger partial charge < -0.3 is 10.4 Å². The first kappa shape index (κ1) is 15.5. The van der Waals surface area contributed by atoms with E-state index >= 15 is 0 Å². The van der Waals surface area contributed by atoms with E-state index < -0.39 is 12.0 Å². The summed E-state index contributed by atoms with van der Waals surface area (Å²) >= 11 is 1.40. The van der Waals surface area contributed by atoms with Gasteiger partial charge in [0.15, 0.2) is 0 Å². The van der Waals surface area contributed by atoms with Crippen LogP contribution in [0.2, 0.25) is 0 Å². The van der Waals surface area contributed by atoms with Crippen molar-refractivity contribution < 1.29 is 14.7 Å². The highest BCUT2D eigenvalue weighted by molar-refractivity contribution is 7.21. The third kappa shape index (κ3) is 3.08. The number of aliphatic carboxylic acids is 1. The lowest BCUT2D eigenvalue weighted by atomic mass is 9.99. The van der Waals surface area contributed by atoms with E-state index in [-0.39, 0.29) is 11.8 Å². The molecule has 0 saturated heterocycles. The Morgan fingerprint density at radius 3 is 2.57 bits per heavy atom. The maximum Gasteiger partial charge on any atom is 0.326 e. The molecule has 112 valence electrons. The summed E-state index contributed by atoms with van der Waals surface area (Å²) in [5.41, 5.74) is 0.904. The Hall–Kier alpha value is -1.88. The Morgan fingerprint density at radius 2 is 2.00 bits per heavy atom. The molecule has 0 aliphatic heterocycles. The minimum absolute atomic E-state index is 0.110. The summed E-state index contributed by atoms with van der Waals surface area (Å²) in [7, 11) is 0. The number of carboxylic acids is 1. The largest absolute Gasteiger partial charge is 0.480 e. The molecule has 2 rings (SSSR count). The highest BCUT2D eigenvalue weighted by Crippen LogP contribution is 2.30. The van der Waals surface area contributed by atoms with Gasteiger partial charge in [-0.1, -0.05) is 38.5 Å². The Labute approximate surface area is 127 Å². The number of benzene rings is 1. The van der Waals surface area contributed by atoms with Crippen LogP contribution in [-0.4, -0.2) is 23.0 Å². The Bertz CT molecular complexity index is 677. The lowest BCUT2D eigenvalue weighted by Crippen LogP contribution is -2.44. The van der Waals surface area contributed by atoms with E-state index in [1.807, 2.05) is 45.0 Å². The van der Waals surface area contributed by atoms with Crippen molar-refractivity contribution in [2.45, 2.75) is 33.2 Å². The van der Waals surface area contributed by atoms with Gasteiger partial charge in [0.2, 0.25) is 0 Å². The minimum atomic E-state index is -0.989. The van der Waals surface area contributed by atoms with Crippen LogP contribution in [0.3, 0.4) is 0 Å². The van der Waals surface area contributed by atoms with Crippen molar-refractivity contribution >= 4 is 33.3 Å². The molecule has 0 spiro atoms. The van der Waals surface area contributed by atoms with Gasteiger partial charge in [0.25, 0.3) is 5.91 Å². The van der Waals surface area contributed by atoms with Crippen LogP contribution >= 0.6 is 11.3 Å².